The van der Waals surface area contributed by atoms with Crippen molar-refractivity contribution in [2.24, 2.45) is 0 Å². The summed E-state index contributed by atoms with van der Waals surface area (Å²) in [5, 5.41) is 8.76. The quantitative estimate of drug-likeness (QED) is 0.786. The predicted molar refractivity (Wildman–Crippen MR) is 69.2 cm³/mol. The van der Waals surface area contributed by atoms with Gasteiger partial charge >= 0.3 is 12.1 Å². The number of rotatable bonds is 4. The average molecular weight is 287 g/mol. The number of carbonyl (C=O) groups excluding carboxylic acids is 2. The first kappa shape index (κ1) is 16.4. The maximum Gasteiger partial charge on any atom is 0.413 e. The zero-order chi connectivity index (χ0) is 15.6. The lowest BCUT2D eigenvalue weighted by atomic mass is 10.1. The smallest absolute Gasteiger partial charge is 0.413 e. The third-order valence-corrected chi connectivity index (χ3v) is 2.96. The van der Waals surface area contributed by atoms with Crippen molar-refractivity contribution in [3.63, 3.8) is 0 Å². The van der Waals surface area contributed by atoms with Crippen molar-refractivity contribution in [2.45, 2.75) is 57.9 Å². The van der Waals surface area contributed by atoms with Gasteiger partial charge in [0, 0.05) is 12.8 Å². The number of carboxylic acid groups (broad SMARTS) is 1. The first-order valence-electron chi connectivity index (χ1n) is 6.42. The fourth-order valence-electron chi connectivity index (χ4n) is 2.03. The number of carbonyl (C=O) groups is 3. The minimum atomic E-state index is -1.15. The lowest BCUT2D eigenvalue weighted by Crippen LogP contribution is -2.52. The van der Waals surface area contributed by atoms with Gasteiger partial charge in [-0.15, -0.1) is 0 Å². The number of carboxylic acids is 1. The van der Waals surface area contributed by atoms with Crippen molar-refractivity contribution in [1.82, 2.24) is 4.90 Å². The number of aldehydes is 1. The van der Waals surface area contributed by atoms with E-state index in [-0.39, 0.29) is 19.4 Å². The topological polar surface area (TPSA) is 93.1 Å². The first-order valence-corrected chi connectivity index (χ1v) is 6.42. The molecule has 1 N–H and O–H groups in total. The van der Waals surface area contributed by atoms with Crippen LogP contribution in [0.4, 0.5) is 4.79 Å². The summed E-state index contributed by atoms with van der Waals surface area (Å²) in [4.78, 5) is 35.2. The third kappa shape index (κ3) is 3.93. The summed E-state index contributed by atoms with van der Waals surface area (Å²) >= 11 is 0. The van der Waals surface area contributed by atoms with Gasteiger partial charge in [0.2, 0.25) is 0 Å². The van der Waals surface area contributed by atoms with Crippen molar-refractivity contribution in [3.8, 4) is 0 Å². The van der Waals surface area contributed by atoms with Gasteiger partial charge in [0.05, 0.1) is 6.61 Å². The van der Waals surface area contributed by atoms with E-state index in [0.717, 1.165) is 0 Å². The van der Waals surface area contributed by atoms with E-state index in [4.69, 9.17) is 14.6 Å². The number of nitrogens with zero attached hydrogens (tertiary/aromatic N) is 1. The molecule has 1 aliphatic heterocycles. The van der Waals surface area contributed by atoms with Crippen LogP contribution in [0.25, 0.3) is 0 Å². The Kier molecular flexibility index (Phi) is 4.75. The van der Waals surface area contributed by atoms with Gasteiger partial charge < -0.3 is 19.4 Å². The van der Waals surface area contributed by atoms with Gasteiger partial charge in [0.15, 0.2) is 0 Å². The Balaban J connectivity index is 2.91. The van der Waals surface area contributed by atoms with E-state index in [1.807, 2.05) is 0 Å². The monoisotopic (exact) mass is 287 g/mol. The van der Waals surface area contributed by atoms with Gasteiger partial charge in [-0.1, -0.05) is 0 Å². The molecule has 0 aromatic rings. The minimum absolute atomic E-state index is 0.0405. The summed E-state index contributed by atoms with van der Waals surface area (Å²) in [6, 6.07) is -0.761. The summed E-state index contributed by atoms with van der Waals surface area (Å²) < 4.78 is 10.7. The minimum Gasteiger partial charge on any atom is -0.481 e. The lowest BCUT2D eigenvalue weighted by Gasteiger charge is -2.36. The summed E-state index contributed by atoms with van der Waals surface area (Å²) in [6.07, 6.45) is -0.150. The number of hydrogen-bond acceptors (Lipinski definition) is 5. The van der Waals surface area contributed by atoms with Crippen LogP contribution in [0.2, 0.25) is 0 Å². The van der Waals surface area contributed by atoms with Gasteiger partial charge in [-0.2, -0.15) is 0 Å². The summed E-state index contributed by atoms with van der Waals surface area (Å²) in [5.74, 6) is -0.992. The van der Waals surface area contributed by atoms with Gasteiger partial charge in [-0.25, -0.2) is 4.79 Å². The Morgan fingerprint density at radius 2 is 2.10 bits per heavy atom. The summed E-state index contributed by atoms with van der Waals surface area (Å²) in [7, 11) is 0. The molecule has 2 atom stereocenters. The van der Waals surface area contributed by atoms with Gasteiger partial charge in [-0.3, -0.25) is 9.69 Å². The van der Waals surface area contributed by atoms with Crippen LogP contribution in [0.15, 0.2) is 0 Å². The maximum absolute atomic E-state index is 12.2. The molecule has 1 amide bonds. The van der Waals surface area contributed by atoms with Crippen LogP contribution in [0.3, 0.4) is 0 Å². The molecule has 114 valence electrons. The van der Waals surface area contributed by atoms with Crippen LogP contribution >= 0.6 is 0 Å². The highest BCUT2D eigenvalue weighted by Gasteiger charge is 2.48. The highest BCUT2D eigenvalue weighted by molar-refractivity contribution is 5.75. The first-order chi connectivity index (χ1) is 9.09. The van der Waals surface area contributed by atoms with Crippen molar-refractivity contribution in [1.29, 1.82) is 0 Å². The molecule has 7 heteroatoms. The second-order valence-electron chi connectivity index (χ2n) is 5.93. The molecule has 0 saturated carbocycles. The normalized spacial score (nSPS) is 26.4. The van der Waals surface area contributed by atoms with Crippen LogP contribution in [-0.4, -0.2) is 52.3 Å². The van der Waals surface area contributed by atoms with Gasteiger partial charge in [-0.05, 0) is 27.7 Å². The van der Waals surface area contributed by atoms with Crippen molar-refractivity contribution in [3.05, 3.63) is 0 Å². The van der Waals surface area contributed by atoms with E-state index < -0.39 is 29.4 Å². The van der Waals surface area contributed by atoms with Crippen molar-refractivity contribution >= 4 is 18.3 Å². The molecular formula is C13H21NO6. The number of hydrogen-bond donors (Lipinski definition) is 1. The fourth-order valence-corrected chi connectivity index (χ4v) is 2.03. The summed E-state index contributed by atoms with van der Waals surface area (Å²) in [6.45, 7) is 6.77. The second kappa shape index (κ2) is 5.78. The van der Waals surface area contributed by atoms with Crippen LogP contribution in [0.1, 0.15) is 40.5 Å². The van der Waals surface area contributed by atoms with Crippen LogP contribution in [0, 0.1) is 0 Å². The molecule has 0 aromatic heterocycles. The molecule has 7 nitrogen and oxygen atoms in total. The molecule has 0 aliphatic carbocycles. The van der Waals surface area contributed by atoms with Gasteiger partial charge in [0.1, 0.15) is 23.7 Å². The Bertz CT molecular complexity index is 402. The molecule has 20 heavy (non-hydrogen) atoms. The number of ether oxygens (including phenoxy) is 2. The summed E-state index contributed by atoms with van der Waals surface area (Å²) in [5.41, 5.74) is -1.85. The Hall–Kier alpha value is -1.63. The van der Waals surface area contributed by atoms with E-state index in [9.17, 15) is 14.4 Å². The Morgan fingerprint density at radius 3 is 2.55 bits per heavy atom. The van der Waals surface area contributed by atoms with E-state index in [1.54, 1.807) is 27.7 Å². The second-order valence-corrected chi connectivity index (χ2v) is 5.93. The van der Waals surface area contributed by atoms with Gasteiger partial charge in [0.25, 0.3) is 0 Å². The molecule has 1 fully saturated rings. The largest absolute Gasteiger partial charge is 0.481 e. The SMILES string of the molecule is CC(C)(C)OC(=O)N1[C@H](C=O)CO[C@@]1(C)CCC(=O)O. The molecule has 0 bridgehead atoms. The van der Waals surface area contributed by atoms with Crippen LogP contribution in [-0.2, 0) is 19.1 Å². The molecule has 1 heterocycles. The van der Waals surface area contributed by atoms with E-state index in [2.05, 4.69) is 0 Å². The molecule has 0 unspecified atom stereocenters. The fraction of sp³-hybridized carbons (Fsp3) is 0.769. The average Bonchev–Trinajstić information content (AvgIpc) is 2.62. The maximum atomic E-state index is 12.2. The number of amides is 1. The van der Waals surface area contributed by atoms with E-state index >= 15 is 0 Å². The highest BCUT2D eigenvalue weighted by Crippen LogP contribution is 2.32. The molecule has 1 saturated heterocycles. The Labute approximate surface area is 117 Å². The highest BCUT2D eigenvalue weighted by atomic mass is 16.6. The van der Waals surface area contributed by atoms with E-state index in [0.29, 0.717) is 6.29 Å². The van der Waals surface area contributed by atoms with Crippen LogP contribution in [0.5, 0.6) is 0 Å². The standard InChI is InChI=1S/C13H21NO6/c1-12(2,3)20-11(18)14-9(7-15)8-19-13(14,4)6-5-10(16)17/h7,9H,5-6,8H2,1-4H3,(H,16,17)/t9-,13+/m1/s1. The zero-order valence-electron chi connectivity index (χ0n) is 12.2. The van der Waals surface area contributed by atoms with Crippen molar-refractivity contribution < 1.29 is 29.0 Å². The molecule has 0 radical (unpaired) electrons. The van der Waals surface area contributed by atoms with E-state index in [1.165, 1.54) is 4.90 Å². The zero-order valence-corrected chi connectivity index (χ0v) is 12.2. The predicted octanol–water partition coefficient (Wildman–Crippen LogP) is 1.40. The third-order valence-electron chi connectivity index (χ3n) is 2.96. The molecular weight excluding hydrogens is 266 g/mol. The Morgan fingerprint density at radius 1 is 1.50 bits per heavy atom. The lowest BCUT2D eigenvalue weighted by molar-refractivity contribution is -0.140. The van der Waals surface area contributed by atoms with Crippen molar-refractivity contribution in [2.75, 3.05) is 6.61 Å². The van der Waals surface area contributed by atoms with Crippen LogP contribution < -0.4 is 0 Å². The molecule has 0 aromatic carbocycles. The molecule has 1 aliphatic rings. The molecule has 1 rings (SSSR count). The molecule has 0 spiro atoms. The number of aliphatic carboxylic acids is 1.